The maximum atomic E-state index is 5.67. The average molecular weight is 174 g/mol. The molecular weight excluding hydrogens is 162 g/mol. The number of benzene rings is 1. The summed E-state index contributed by atoms with van der Waals surface area (Å²) in [6.07, 6.45) is 3.21. The van der Waals surface area contributed by atoms with Crippen molar-refractivity contribution in [3.63, 3.8) is 0 Å². The Bertz CT molecular complexity index is 325. The van der Waals surface area contributed by atoms with Gasteiger partial charge in [-0.3, -0.25) is 0 Å². The molecule has 0 fully saturated rings. The number of nitrogens with one attached hydrogen (secondary N) is 1. The van der Waals surface area contributed by atoms with Crippen LogP contribution in [0, 0.1) is 0 Å². The summed E-state index contributed by atoms with van der Waals surface area (Å²) in [7, 11) is 0. The predicted octanol–water partition coefficient (Wildman–Crippen LogP) is -0.356. The van der Waals surface area contributed by atoms with Gasteiger partial charge in [0.15, 0.2) is 12.1 Å². The summed E-state index contributed by atoms with van der Waals surface area (Å²) >= 11 is 0. The number of hydrogen-bond acceptors (Lipinski definition) is 1. The van der Waals surface area contributed by atoms with Gasteiger partial charge in [-0.2, -0.15) is 0 Å². The maximum Gasteiger partial charge on any atom is 0.198 e. The molecule has 0 aliphatic heterocycles. The van der Waals surface area contributed by atoms with Gasteiger partial charge in [0.25, 0.3) is 0 Å². The summed E-state index contributed by atoms with van der Waals surface area (Å²) < 4.78 is 0. The van der Waals surface area contributed by atoms with Crippen molar-refractivity contribution in [2.24, 2.45) is 10.8 Å². The van der Waals surface area contributed by atoms with Crippen molar-refractivity contribution in [2.45, 2.75) is 0 Å². The molecule has 0 spiro atoms. The third kappa shape index (κ3) is 2.91. The van der Waals surface area contributed by atoms with Crippen LogP contribution in [0.4, 0.5) is 0 Å². The van der Waals surface area contributed by atoms with E-state index in [4.69, 9.17) is 5.73 Å². The highest BCUT2D eigenvalue weighted by Gasteiger charge is 1.96. The summed E-state index contributed by atoms with van der Waals surface area (Å²) in [5.41, 5.74) is 6.56. The monoisotopic (exact) mass is 174 g/mol. The Kier molecular flexibility index (Phi) is 3.45. The van der Waals surface area contributed by atoms with Crippen LogP contribution in [-0.4, -0.2) is 12.1 Å². The molecule has 0 amide bonds. The fourth-order valence-corrected chi connectivity index (χ4v) is 0.833. The lowest BCUT2D eigenvalue weighted by atomic mass is 10.2. The van der Waals surface area contributed by atoms with Crippen LogP contribution in [0.25, 0.3) is 0 Å². The Balaban J connectivity index is 2.79. The number of rotatable bonds is 3. The van der Waals surface area contributed by atoms with Gasteiger partial charge in [0, 0.05) is 10.7 Å². The highest BCUT2D eigenvalue weighted by Crippen LogP contribution is 1.95. The van der Waals surface area contributed by atoms with Gasteiger partial charge < -0.3 is 5.73 Å². The molecule has 3 nitrogen and oxygen atoms in total. The molecule has 1 aromatic carbocycles. The molecule has 0 atom stereocenters. The van der Waals surface area contributed by atoms with Gasteiger partial charge in [0.05, 0.1) is 0 Å². The number of hydrogen-bond donors (Lipinski definition) is 2. The molecule has 3 heteroatoms. The lowest BCUT2D eigenvalue weighted by Gasteiger charge is -1.93. The molecule has 0 aromatic heterocycles. The minimum atomic E-state index is 0.457. The first-order chi connectivity index (χ1) is 6.34. The van der Waals surface area contributed by atoms with Crippen LogP contribution in [0.2, 0.25) is 0 Å². The van der Waals surface area contributed by atoms with Crippen LogP contribution in [0.1, 0.15) is 5.56 Å². The molecule has 0 bridgehead atoms. The lowest BCUT2D eigenvalue weighted by Crippen LogP contribution is -2.62. The largest absolute Gasteiger partial charge is 0.378 e. The summed E-state index contributed by atoms with van der Waals surface area (Å²) in [5, 5.41) is 6.55. The van der Waals surface area contributed by atoms with Gasteiger partial charge in [0.1, 0.15) is 0 Å². The van der Waals surface area contributed by atoms with Gasteiger partial charge in [-0.25, -0.2) is 0 Å². The molecule has 0 unspecified atom stereocenters. The van der Waals surface area contributed by atoms with Gasteiger partial charge in [-0.1, -0.05) is 36.9 Å². The first-order valence-corrected chi connectivity index (χ1v) is 3.93. The minimum Gasteiger partial charge on any atom is -0.378 e. The molecular formula is C10H12N3+. The second kappa shape index (κ2) is 4.87. The van der Waals surface area contributed by atoms with Crippen LogP contribution in [0.5, 0.6) is 0 Å². The smallest absolute Gasteiger partial charge is 0.198 e. The van der Waals surface area contributed by atoms with Crippen molar-refractivity contribution in [3.8, 4) is 0 Å². The molecule has 0 radical (unpaired) electrons. The SMILES string of the molecule is C=C/C=[NH+]/N=C(N)c1ccccc1. The van der Waals surface area contributed by atoms with E-state index in [2.05, 4.69) is 16.8 Å². The molecule has 0 saturated carbocycles. The van der Waals surface area contributed by atoms with E-state index in [9.17, 15) is 0 Å². The number of amidine groups is 1. The van der Waals surface area contributed by atoms with Crippen LogP contribution in [0.15, 0.2) is 48.1 Å². The van der Waals surface area contributed by atoms with E-state index in [0.29, 0.717) is 5.84 Å². The van der Waals surface area contributed by atoms with Crippen molar-refractivity contribution in [1.29, 1.82) is 0 Å². The van der Waals surface area contributed by atoms with Gasteiger partial charge in [-0.15, -0.1) is 5.10 Å². The van der Waals surface area contributed by atoms with E-state index in [-0.39, 0.29) is 0 Å². The maximum absolute atomic E-state index is 5.67. The van der Waals surface area contributed by atoms with Gasteiger partial charge in [-0.05, 0) is 6.08 Å². The van der Waals surface area contributed by atoms with Gasteiger partial charge >= 0.3 is 0 Å². The van der Waals surface area contributed by atoms with Crippen LogP contribution in [-0.2, 0) is 0 Å². The molecule has 0 aliphatic rings. The Hall–Kier alpha value is -1.90. The fourth-order valence-electron chi connectivity index (χ4n) is 0.833. The standard InChI is InChI=1S/C10H11N3/c1-2-8-12-13-10(11)9-6-4-3-5-7-9/h2-8H,1H2,(H2,11,13)/p+1/b12-8+. The number of hydrazone groups is 1. The Morgan fingerprint density at radius 3 is 2.69 bits per heavy atom. The minimum absolute atomic E-state index is 0.457. The van der Waals surface area contributed by atoms with Crippen LogP contribution < -0.4 is 10.8 Å². The highest BCUT2D eigenvalue weighted by atomic mass is 15.2. The second-order valence-corrected chi connectivity index (χ2v) is 2.39. The molecule has 66 valence electrons. The molecule has 13 heavy (non-hydrogen) atoms. The van der Waals surface area contributed by atoms with E-state index in [1.54, 1.807) is 12.3 Å². The predicted molar refractivity (Wildman–Crippen MR) is 54.4 cm³/mol. The Labute approximate surface area is 77.3 Å². The van der Waals surface area contributed by atoms with Crippen LogP contribution >= 0.6 is 0 Å². The van der Waals surface area contributed by atoms with Crippen LogP contribution in [0.3, 0.4) is 0 Å². The van der Waals surface area contributed by atoms with E-state index < -0.39 is 0 Å². The zero-order valence-electron chi connectivity index (χ0n) is 7.27. The number of nitrogens with two attached hydrogens (primary N) is 1. The van der Waals surface area contributed by atoms with Crippen molar-refractivity contribution in [1.82, 2.24) is 0 Å². The second-order valence-electron chi connectivity index (χ2n) is 2.39. The average Bonchev–Trinajstić information content (AvgIpc) is 2.19. The van der Waals surface area contributed by atoms with E-state index >= 15 is 0 Å². The van der Waals surface area contributed by atoms with E-state index in [1.807, 2.05) is 30.3 Å². The van der Waals surface area contributed by atoms with Crippen molar-refractivity contribution in [2.75, 3.05) is 0 Å². The molecule has 1 aromatic rings. The third-order valence-corrected chi connectivity index (χ3v) is 1.45. The molecule has 0 heterocycles. The number of allylic oxidation sites excluding steroid dienone is 1. The van der Waals surface area contributed by atoms with E-state index in [0.717, 1.165) is 5.56 Å². The summed E-state index contributed by atoms with van der Waals surface area (Å²) in [4.78, 5) is 0. The molecule has 3 N–H and O–H groups in total. The highest BCUT2D eigenvalue weighted by molar-refractivity contribution is 5.96. The van der Waals surface area contributed by atoms with Crippen molar-refractivity contribution >= 4 is 12.1 Å². The summed E-state index contributed by atoms with van der Waals surface area (Å²) in [6, 6.07) is 9.55. The third-order valence-electron chi connectivity index (χ3n) is 1.45. The summed E-state index contributed by atoms with van der Waals surface area (Å²) in [5.74, 6) is 0.457. The molecule has 1 rings (SSSR count). The quantitative estimate of drug-likeness (QED) is 0.367. The van der Waals surface area contributed by atoms with Gasteiger partial charge in [0.2, 0.25) is 0 Å². The first-order valence-electron chi connectivity index (χ1n) is 3.93. The fraction of sp³-hybridized carbons (Fsp3) is 0. The molecule has 0 aliphatic carbocycles. The normalized spacial score (nSPS) is 11.8. The van der Waals surface area contributed by atoms with E-state index in [1.165, 1.54) is 0 Å². The zero-order valence-corrected chi connectivity index (χ0v) is 7.27. The first kappa shape index (κ1) is 9.19. The topological polar surface area (TPSA) is 52.3 Å². The van der Waals surface area contributed by atoms with Crippen molar-refractivity contribution < 1.29 is 5.10 Å². The Morgan fingerprint density at radius 2 is 2.08 bits per heavy atom. The van der Waals surface area contributed by atoms with Crippen molar-refractivity contribution in [3.05, 3.63) is 48.6 Å². The summed E-state index contributed by atoms with van der Waals surface area (Å²) in [6.45, 7) is 3.50. The zero-order chi connectivity index (χ0) is 9.52. The lowest BCUT2D eigenvalue weighted by molar-refractivity contribution is -0.456. The number of nitrogens with zero attached hydrogens (tertiary/aromatic N) is 1. The molecule has 0 saturated heterocycles. The Morgan fingerprint density at radius 1 is 1.38 bits per heavy atom.